The summed E-state index contributed by atoms with van der Waals surface area (Å²) in [6, 6.07) is 12.6. The Balaban J connectivity index is 1.59. The maximum absolute atomic E-state index is 13.6. The Morgan fingerprint density at radius 2 is 2.00 bits per heavy atom. The molecule has 188 valence electrons. The molecule has 8 heteroatoms. The van der Waals surface area contributed by atoms with E-state index in [1.807, 2.05) is 32.9 Å². The molecule has 2 amide bonds. The lowest BCUT2D eigenvalue weighted by atomic mass is 9.85. The first-order valence-electron chi connectivity index (χ1n) is 12.3. The van der Waals surface area contributed by atoms with Crippen molar-refractivity contribution >= 4 is 23.5 Å². The largest absolute Gasteiger partial charge is 0.493 e. The van der Waals surface area contributed by atoms with Gasteiger partial charge in [0.15, 0.2) is 0 Å². The minimum atomic E-state index is -0.873. The summed E-state index contributed by atoms with van der Waals surface area (Å²) < 4.78 is 5.88. The predicted octanol–water partition coefficient (Wildman–Crippen LogP) is 4.03. The SMILES string of the molecule is CC(C)NC(=O)c1ccc2c(c1)[C@@]1(CCO2)C(C(=O)Nc2cc(C#N)ccc2CCCC(=O)O)[C@@H]1C. The molecule has 1 heterocycles. The lowest BCUT2D eigenvalue weighted by Gasteiger charge is -2.28. The number of carboxylic acids is 1. The van der Waals surface area contributed by atoms with Gasteiger partial charge in [-0.1, -0.05) is 13.0 Å². The van der Waals surface area contributed by atoms with E-state index >= 15 is 0 Å². The Hall–Kier alpha value is -3.86. The number of aryl methyl sites for hydroxylation is 1. The van der Waals surface area contributed by atoms with Gasteiger partial charge in [0.05, 0.1) is 24.2 Å². The van der Waals surface area contributed by atoms with Crippen LogP contribution < -0.4 is 15.4 Å². The molecule has 36 heavy (non-hydrogen) atoms. The van der Waals surface area contributed by atoms with Crippen LogP contribution in [0.5, 0.6) is 5.75 Å². The van der Waals surface area contributed by atoms with Gasteiger partial charge in [0.1, 0.15) is 5.75 Å². The average molecular weight is 490 g/mol. The first-order valence-corrected chi connectivity index (χ1v) is 12.3. The molecule has 1 unspecified atom stereocenters. The predicted molar refractivity (Wildman–Crippen MR) is 134 cm³/mol. The number of nitrogens with zero attached hydrogens (tertiary/aromatic N) is 1. The Kier molecular flexibility index (Phi) is 7.02. The molecule has 0 radical (unpaired) electrons. The van der Waals surface area contributed by atoms with Gasteiger partial charge >= 0.3 is 5.97 Å². The zero-order chi connectivity index (χ0) is 26.0. The van der Waals surface area contributed by atoms with Crippen LogP contribution in [0.2, 0.25) is 0 Å². The van der Waals surface area contributed by atoms with Gasteiger partial charge in [-0.3, -0.25) is 14.4 Å². The molecular weight excluding hydrogens is 458 g/mol. The number of rotatable bonds is 8. The van der Waals surface area contributed by atoms with Crippen molar-refractivity contribution in [2.45, 2.75) is 57.9 Å². The molecular formula is C28H31N3O5. The van der Waals surface area contributed by atoms with E-state index in [1.165, 1.54) is 0 Å². The number of carbonyl (C=O) groups is 3. The van der Waals surface area contributed by atoms with Gasteiger partial charge in [-0.25, -0.2) is 0 Å². The summed E-state index contributed by atoms with van der Waals surface area (Å²) in [7, 11) is 0. The lowest BCUT2D eigenvalue weighted by Crippen LogP contribution is -2.31. The number of carboxylic acid groups (broad SMARTS) is 1. The van der Waals surface area contributed by atoms with Crippen LogP contribution in [0.1, 0.15) is 67.1 Å². The third kappa shape index (κ3) is 4.78. The second kappa shape index (κ2) is 10.0. The second-order valence-corrected chi connectivity index (χ2v) is 9.96. The van der Waals surface area contributed by atoms with E-state index in [2.05, 4.69) is 16.7 Å². The van der Waals surface area contributed by atoms with Crippen molar-refractivity contribution in [3.05, 3.63) is 58.7 Å². The van der Waals surface area contributed by atoms with E-state index in [4.69, 9.17) is 9.84 Å². The summed E-state index contributed by atoms with van der Waals surface area (Å²) in [4.78, 5) is 37.1. The molecule has 1 fully saturated rings. The first kappa shape index (κ1) is 25.2. The minimum Gasteiger partial charge on any atom is -0.493 e. The Morgan fingerprint density at radius 1 is 1.22 bits per heavy atom. The number of fused-ring (bicyclic) bond motifs is 2. The molecule has 0 saturated heterocycles. The Morgan fingerprint density at radius 3 is 2.69 bits per heavy atom. The number of hydrogen-bond donors (Lipinski definition) is 3. The maximum atomic E-state index is 13.6. The minimum absolute atomic E-state index is 0.00554. The molecule has 8 nitrogen and oxygen atoms in total. The van der Waals surface area contributed by atoms with E-state index in [-0.39, 0.29) is 36.1 Å². The number of nitriles is 1. The van der Waals surface area contributed by atoms with Crippen molar-refractivity contribution in [1.82, 2.24) is 5.32 Å². The number of ether oxygens (including phenoxy) is 1. The summed E-state index contributed by atoms with van der Waals surface area (Å²) in [5.74, 6) is -0.767. The molecule has 3 N–H and O–H groups in total. The second-order valence-electron chi connectivity index (χ2n) is 9.96. The highest BCUT2D eigenvalue weighted by molar-refractivity contribution is 5.98. The zero-order valence-electron chi connectivity index (χ0n) is 20.8. The molecule has 1 aliphatic carbocycles. The Labute approximate surface area is 210 Å². The van der Waals surface area contributed by atoms with Crippen molar-refractivity contribution in [1.29, 1.82) is 5.26 Å². The van der Waals surface area contributed by atoms with E-state index < -0.39 is 11.4 Å². The highest BCUT2D eigenvalue weighted by Gasteiger charge is 2.67. The van der Waals surface area contributed by atoms with E-state index in [0.717, 1.165) is 11.1 Å². The van der Waals surface area contributed by atoms with Crippen LogP contribution in [0.4, 0.5) is 5.69 Å². The quantitative estimate of drug-likeness (QED) is 0.514. The number of nitrogens with one attached hydrogen (secondary N) is 2. The van der Waals surface area contributed by atoms with Crippen LogP contribution in [0.25, 0.3) is 0 Å². The highest BCUT2D eigenvalue weighted by atomic mass is 16.5. The van der Waals surface area contributed by atoms with Crippen LogP contribution in [-0.2, 0) is 21.4 Å². The summed E-state index contributed by atoms with van der Waals surface area (Å²) in [6.07, 6.45) is 1.60. The fraction of sp³-hybridized carbons (Fsp3) is 0.429. The lowest BCUT2D eigenvalue weighted by molar-refractivity contribution is -0.137. The maximum Gasteiger partial charge on any atom is 0.303 e. The van der Waals surface area contributed by atoms with Crippen molar-refractivity contribution < 1.29 is 24.2 Å². The standard InChI is InChI=1S/C28H31N3O5/c1-16(2)30-26(34)20-9-10-23-21(14-20)28(11-12-36-23)17(3)25(28)27(35)31-22-13-18(15-29)7-8-19(22)5-4-6-24(32)33/h7-10,13-14,16-17,25H,4-6,11-12H2,1-3H3,(H,30,34)(H,31,35)(H,32,33)/t17-,25?,28-/m0/s1. The number of hydrogen-bond acceptors (Lipinski definition) is 5. The van der Waals surface area contributed by atoms with Gasteiger partial charge in [0.2, 0.25) is 5.91 Å². The summed E-state index contributed by atoms with van der Waals surface area (Å²) in [5, 5.41) is 24.2. The van der Waals surface area contributed by atoms with Crippen molar-refractivity contribution in [2.75, 3.05) is 11.9 Å². The van der Waals surface area contributed by atoms with E-state index in [1.54, 1.807) is 24.3 Å². The molecule has 2 aliphatic rings. The summed E-state index contributed by atoms with van der Waals surface area (Å²) in [6.45, 7) is 6.34. The third-order valence-electron chi connectivity index (χ3n) is 7.31. The molecule has 0 bridgehead atoms. The number of aliphatic carboxylic acids is 1. The highest BCUT2D eigenvalue weighted by Crippen LogP contribution is 2.65. The molecule has 2 aromatic rings. The monoisotopic (exact) mass is 489 g/mol. The van der Waals surface area contributed by atoms with Gasteiger partial charge in [0, 0.05) is 34.7 Å². The van der Waals surface area contributed by atoms with Crippen LogP contribution in [0.15, 0.2) is 36.4 Å². The number of benzene rings is 2. The summed E-state index contributed by atoms with van der Waals surface area (Å²) in [5.41, 5.74) is 2.74. The van der Waals surface area contributed by atoms with Crippen LogP contribution in [-0.4, -0.2) is 35.5 Å². The van der Waals surface area contributed by atoms with Crippen molar-refractivity contribution in [3.63, 3.8) is 0 Å². The number of amides is 2. The van der Waals surface area contributed by atoms with Crippen LogP contribution in [0.3, 0.4) is 0 Å². The van der Waals surface area contributed by atoms with Crippen molar-refractivity contribution in [2.24, 2.45) is 11.8 Å². The first-order chi connectivity index (χ1) is 17.2. The fourth-order valence-electron chi connectivity index (χ4n) is 5.48. The van der Waals surface area contributed by atoms with Gasteiger partial charge in [-0.2, -0.15) is 5.26 Å². The molecule has 0 aromatic heterocycles. The molecule has 1 aliphatic heterocycles. The van der Waals surface area contributed by atoms with E-state index in [0.29, 0.717) is 48.4 Å². The molecule has 4 rings (SSSR count). The van der Waals surface area contributed by atoms with Crippen LogP contribution >= 0.6 is 0 Å². The third-order valence-corrected chi connectivity index (χ3v) is 7.31. The smallest absolute Gasteiger partial charge is 0.303 e. The van der Waals surface area contributed by atoms with E-state index in [9.17, 15) is 19.6 Å². The van der Waals surface area contributed by atoms with Crippen molar-refractivity contribution in [3.8, 4) is 11.8 Å². The molecule has 1 saturated carbocycles. The normalized spacial score (nSPS) is 21.8. The molecule has 1 spiro atoms. The average Bonchev–Trinajstić information content (AvgIpc) is 3.42. The molecule has 3 atom stereocenters. The number of carbonyl (C=O) groups excluding carboxylic acids is 2. The van der Waals surface area contributed by atoms with Gasteiger partial charge < -0.3 is 20.5 Å². The van der Waals surface area contributed by atoms with Crippen LogP contribution in [0, 0.1) is 23.2 Å². The van der Waals surface area contributed by atoms with Gasteiger partial charge in [-0.15, -0.1) is 0 Å². The van der Waals surface area contributed by atoms with Gasteiger partial charge in [-0.05, 0) is 74.9 Å². The van der Waals surface area contributed by atoms with Gasteiger partial charge in [0.25, 0.3) is 5.91 Å². The Bertz CT molecular complexity index is 1250. The topological polar surface area (TPSA) is 129 Å². The zero-order valence-corrected chi connectivity index (χ0v) is 20.8. The fourth-order valence-corrected chi connectivity index (χ4v) is 5.48. The summed E-state index contributed by atoms with van der Waals surface area (Å²) >= 11 is 0. The number of anilines is 1. The molecule has 2 aromatic carbocycles.